The maximum atomic E-state index is 4.71. The van der Waals surface area contributed by atoms with Crippen molar-refractivity contribution < 1.29 is 0 Å². The van der Waals surface area contributed by atoms with Crippen LogP contribution in [0.5, 0.6) is 0 Å². The molecule has 0 saturated carbocycles. The summed E-state index contributed by atoms with van der Waals surface area (Å²) >= 11 is 6.72. The van der Waals surface area contributed by atoms with E-state index in [9.17, 15) is 0 Å². The normalized spacial score (nSPS) is 18.9. The standard InChI is InChI=1S/C11H10BrN5S2/c1-5-16-17-9-6(15-11(17)18-5)2-3-13-8(9)7-4-14-10(12)19-7/h4,8,13H,2-3H2,1H3. The number of imidazole rings is 1. The average Bonchev–Trinajstić information content (AvgIpc) is 3.02. The van der Waals surface area contributed by atoms with E-state index in [-0.39, 0.29) is 6.04 Å². The molecule has 0 radical (unpaired) electrons. The van der Waals surface area contributed by atoms with Crippen molar-refractivity contribution in [3.8, 4) is 0 Å². The van der Waals surface area contributed by atoms with Crippen molar-refractivity contribution >= 4 is 43.6 Å². The van der Waals surface area contributed by atoms with Gasteiger partial charge in [0.15, 0.2) is 3.92 Å². The van der Waals surface area contributed by atoms with Gasteiger partial charge in [-0.1, -0.05) is 11.3 Å². The number of nitrogens with zero attached hydrogens (tertiary/aromatic N) is 4. The fourth-order valence-electron chi connectivity index (χ4n) is 2.44. The minimum atomic E-state index is 0.143. The first-order chi connectivity index (χ1) is 9.22. The van der Waals surface area contributed by atoms with Crippen molar-refractivity contribution in [1.82, 2.24) is 24.9 Å². The number of aromatic nitrogens is 4. The van der Waals surface area contributed by atoms with Crippen LogP contribution in [-0.2, 0) is 6.42 Å². The average molecular weight is 356 g/mol. The summed E-state index contributed by atoms with van der Waals surface area (Å²) in [6.45, 7) is 2.96. The van der Waals surface area contributed by atoms with Gasteiger partial charge in [-0.15, -0.1) is 11.3 Å². The first-order valence-electron chi connectivity index (χ1n) is 5.92. The van der Waals surface area contributed by atoms with E-state index in [1.165, 1.54) is 10.6 Å². The van der Waals surface area contributed by atoms with Crippen molar-refractivity contribution in [1.29, 1.82) is 0 Å². The molecule has 8 heteroatoms. The Morgan fingerprint density at radius 3 is 3.16 bits per heavy atom. The molecule has 3 aromatic rings. The van der Waals surface area contributed by atoms with Gasteiger partial charge < -0.3 is 5.32 Å². The Bertz CT molecular complexity index is 758. The van der Waals surface area contributed by atoms with E-state index >= 15 is 0 Å². The van der Waals surface area contributed by atoms with Crippen molar-refractivity contribution in [3.05, 3.63) is 31.4 Å². The van der Waals surface area contributed by atoms with Gasteiger partial charge in [0, 0.05) is 24.0 Å². The van der Waals surface area contributed by atoms with Crippen LogP contribution in [0.4, 0.5) is 0 Å². The fraction of sp³-hybridized carbons (Fsp3) is 0.364. The molecule has 0 amide bonds. The van der Waals surface area contributed by atoms with Crippen LogP contribution in [0.15, 0.2) is 10.1 Å². The number of thiazole rings is 1. The van der Waals surface area contributed by atoms with E-state index in [2.05, 4.69) is 31.3 Å². The summed E-state index contributed by atoms with van der Waals surface area (Å²) in [4.78, 5) is 11.2. The quantitative estimate of drug-likeness (QED) is 0.728. The first-order valence-corrected chi connectivity index (χ1v) is 8.34. The molecule has 19 heavy (non-hydrogen) atoms. The number of fused-ring (bicyclic) bond motifs is 3. The second kappa shape index (κ2) is 4.34. The van der Waals surface area contributed by atoms with Crippen LogP contribution < -0.4 is 5.32 Å². The number of nitrogens with one attached hydrogen (secondary N) is 1. The van der Waals surface area contributed by atoms with Crippen molar-refractivity contribution in [2.24, 2.45) is 0 Å². The SMILES string of the molecule is Cc1nn2c3c(nc2s1)CCNC3c1cnc(Br)s1. The highest BCUT2D eigenvalue weighted by Gasteiger charge is 2.29. The number of halogens is 1. The molecule has 0 fully saturated rings. The van der Waals surface area contributed by atoms with Gasteiger partial charge in [0.25, 0.3) is 0 Å². The van der Waals surface area contributed by atoms with Gasteiger partial charge in [-0.05, 0) is 22.9 Å². The van der Waals surface area contributed by atoms with Gasteiger partial charge in [0.1, 0.15) is 5.01 Å². The van der Waals surface area contributed by atoms with E-state index in [4.69, 9.17) is 4.98 Å². The number of hydrogen-bond donors (Lipinski definition) is 1. The monoisotopic (exact) mass is 355 g/mol. The summed E-state index contributed by atoms with van der Waals surface area (Å²) in [5.74, 6) is 0. The summed E-state index contributed by atoms with van der Waals surface area (Å²) in [5.41, 5.74) is 2.33. The molecule has 0 bridgehead atoms. The van der Waals surface area contributed by atoms with Gasteiger partial charge in [-0.2, -0.15) is 5.10 Å². The molecule has 4 heterocycles. The largest absolute Gasteiger partial charge is 0.304 e. The van der Waals surface area contributed by atoms with Crippen LogP contribution in [0.25, 0.3) is 4.96 Å². The van der Waals surface area contributed by atoms with Gasteiger partial charge in [0.05, 0.1) is 17.4 Å². The summed E-state index contributed by atoms with van der Waals surface area (Å²) < 4.78 is 2.89. The van der Waals surface area contributed by atoms with Crippen molar-refractivity contribution in [2.45, 2.75) is 19.4 Å². The molecular formula is C11H10BrN5S2. The van der Waals surface area contributed by atoms with Gasteiger partial charge in [0.2, 0.25) is 4.96 Å². The van der Waals surface area contributed by atoms with Crippen molar-refractivity contribution in [3.63, 3.8) is 0 Å². The molecule has 0 spiro atoms. The Morgan fingerprint density at radius 2 is 2.37 bits per heavy atom. The van der Waals surface area contributed by atoms with Crippen molar-refractivity contribution in [2.75, 3.05) is 6.54 Å². The lowest BCUT2D eigenvalue weighted by Gasteiger charge is -2.21. The molecule has 0 saturated heterocycles. The van der Waals surface area contributed by atoms with Crippen LogP contribution >= 0.6 is 38.6 Å². The molecule has 0 aromatic carbocycles. The third-order valence-electron chi connectivity index (χ3n) is 3.18. The molecule has 0 aliphatic carbocycles. The molecule has 1 aliphatic rings. The molecule has 3 aromatic heterocycles. The molecule has 1 unspecified atom stereocenters. The van der Waals surface area contributed by atoms with Crippen LogP contribution in [0.1, 0.15) is 27.3 Å². The molecular weight excluding hydrogens is 346 g/mol. The number of hydrogen-bond acceptors (Lipinski definition) is 6. The smallest absolute Gasteiger partial charge is 0.212 e. The van der Waals surface area contributed by atoms with Crippen LogP contribution in [-0.4, -0.2) is 26.1 Å². The molecule has 5 nitrogen and oxygen atoms in total. The van der Waals surface area contributed by atoms with Gasteiger partial charge >= 0.3 is 0 Å². The molecule has 1 N–H and O–H groups in total. The van der Waals surface area contributed by atoms with E-state index in [1.807, 2.05) is 17.6 Å². The zero-order chi connectivity index (χ0) is 13.0. The highest BCUT2D eigenvalue weighted by molar-refractivity contribution is 9.11. The Kier molecular flexibility index (Phi) is 2.73. The molecule has 4 rings (SSSR count). The molecule has 1 atom stereocenters. The zero-order valence-electron chi connectivity index (χ0n) is 10.1. The second-order valence-electron chi connectivity index (χ2n) is 4.41. The lowest BCUT2D eigenvalue weighted by molar-refractivity contribution is 0.545. The Hall–Kier alpha value is -0.830. The van der Waals surface area contributed by atoms with Crippen LogP contribution in [0, 0.1) is 6.92 Å². The topological polar surface area (TPSA) is 55.1 Å². The summed E-state index contributed by atoms with van der Waals surface area (Å²) in [5, 5.41) is 9.16. The molecule has 98 valence electrons. The lowest BCUT2D eigenvalue weighted by atomic mass is 10.0. The first kappa shape index (κ1) is 12.0. The fourth-order valence-corrected chi connectivity index (χ4v) is 4.59. The van der Waals surface area contributed by atoms with Crippen LogP contribution in [0.2, 0.25) is 0 Å². The van der Waals surface area contributed by atoms with E-state index < -0.39 is 0 Å². The zero-order valence-corrected chi connectivity index (χ0v) is 13.3. The minimum absolute atomic E-state index is 0.143. The Labute approximate surface area is 125 Å². The highest BCUT2D eigenvalue weighted by atomic mass is 79.9. The maximum Gasteiger partial charge on any atom is 0.212 e. The Morgan fingerprint density at radius 1 is 1.47 bits per heavy atom. The van der Waals surface area contributed by atoms with Gasteiger partial charge in [-0.3, -0.25) is 0 Å². The molecule has 1 aliphatic heterocycles. The lowest BCUT2D eigenvalue weighted by Crippen LogP contribution is -2.31. The van der Waals surface area contributed by atoms with E-state index in [0.29, 0.717) is 0 Å². The maximum absolute atomic E-state index is 4.71. The highest BCUT2D eigenvalue weighted by Crippen LogP contribution is 2.34. The number of rotatable bonds is 1. The summed E-state index contributed by atoms with van der Waals surface area (Å²) in [6, 6.07) is 0.143. The third-order valence-corrected chi connectivity index (χ3v) is 5.54. The Balaban J connectivity index is 1.92. The van der Waals surface area contributed by atoms with E-state index in [1.54, 1.807) is 22.7 Å². The summed E-state index contributed by atoms with van der Waals surface area (Å²) in [7, 11) is 0. The predicted octanol–water partition coefficient (Wildman–Crippen LogP) is 2.55. The van der Waals surface area contributed by atoms with Gasteiger partial charge in [-0.25, -0.2) is 14.5 Å². The van der Waals surface area contributed by atoms with Crippen LogP contribution in [0.3, 0.4) is 0 Å². The summed E-state index contributed by atoms with van der Waals surface area (Å²) in [6.07, 6.45) is 2.88. The predicted molar refractivity (Wildman–Crippen MR) is 79.0 cm³/mol. The minimum Gasteiger partial charge on any atom is -0.304 e. The second-order valence-corrected chi connectivity index (χ2v) is 7.91. The van der Waals surface area contributed by atoms with E-state index in [0.717, 1.165) is 32.5 Å². The third kappa shape index (κ3) is 1.85. The number of aryl methyl sites for hydroxylation is 1.